The second-order valence-corrected chi connectivity index (χ2v) is 8.53. The third kappa shape index (κ3) is 4.50. The van der Waals surface area contributed by atoms with Gasteiger partial charge in [0.25, 0.3) is 0 Å². The van der Waals surface area contributed by atoms with E-state index in [9.17, 15) is 18.0 Å². The van der Waals surface area contributed by atoms with Gasteiger partial charge in [-0.2, -0.15) is 13.2 Å². The normalized spacial score (nSPS) is 14.7. The maximum absolute atomic E-state index is 13.0. The second-order valence-electron chi connectivity index (χ2n) is 8.53. The highest BCUT2D eigenvalue weighted by Gasteiger charge is 2.34. The van der Waals surface area contributed by atoms with E-state index in [1.54, 1.807) is 32.1 Å². The number of rotatable bonds is 5. The Morgan fingerprint density at radius 3 is 2.38 bits per heavy atom. The van der Waals surface area contributed by atoms with Crippen LogP contribution in [0, 0.1) is 5.41 Å². The van der Waals surface area contributed by atoms with Gasteiger partial charge in [0.15, 0.2) is 5.65 Å². The summed E-state index contributed by atoms with van der Waals surface area (Å²) in [5.74, 6) is -0.255. The Balaban J connectivity index is 1.95. The zero-order valence-corrected chi connectivity index (χ0v) is 16.9. The molecule has 3 rings (SSSR count). The van der Waals surface area contributed by atoms with Crippen molar-refractivity contribution >= 4 is 28.7 Å². The summed E-state index contributed by atoms with van der Waals surface area (Å²) in [4.78, 5) is 21.0. The van der Waals surface area contributed by atoms with Crippen molar-refractivity contribution < 1.29 is 22.7 Å². The summed E-state index contributed by atoms with van der Waals surface area (Å²) in [6.07, 6.45) is 1.51. The number of carbonyl (C=O) groups is 1. The predicted molar refractivity (Wildman–Crippen MR) is 104 cm³/mol. The molecule has 29 heavy (non-hydrogen) atoms. The van der Waals surface area contributed by atoms with Gasteiger partial charge < -0.3 is 4.74 Å². The average molecular weight is 408 g/mol. The van der Waals surface area contributed by atoms with E-state index in [0.717, 1.165) is 12.3 Å². The molecule has 9 heteroatoms. The summed E-state index contributed by atoms with van der Waals surface area (Å²) >= 11 is 0. The van der Waals surface area contributed by atoms with Crippen LogP contribution in [0.3, 0.4) is 0 Å². The number of aromatic nitrogens is 3. The van der Waals surface area contributed by atoms with Crippen molar-refractivity contribution in [2.45, 2.75) is 46.4 Å². The number of ether oxygens (including phenoxy) is 1. The first-order valence-electron chi connectivity index (χ1n) is 9.08. The summed E-state index contributed by atoms with van der Waals surface area (Å²) in [6, 6.07) is 0.922. The van der Waals surface area contributed by atoms with Crippen LogP contribution in [-0.2, 0) is 15.7 Å². The molecule has 0 atom stereocenters. The molecule has 1 aliphatic carbocycles. The van der Waals surface area contributed by atoms with E-state index in [1.807, 2.05) is 20.8 Å². The molecule has 2 heterocycles. The van der Waals surface area contributed by atoms with Crippen molar-refractivity contribution in [3.05, 3.63) is 36.1 Å². The van der Waals surface area contributed by atoms with Gasteiger partial charge >= 0.3 is 6.18 Å². The second kappa shape index (κ2) is 6.98. The monoisotopic (exact) mass is 408 g/mol. The van der Waals surface area contributed by atoms with Gasteiger partial charge in [0.05, 0.1) is 28.9 Å². The first-order chi connectivity index (χ1) is 13.3. The van der Waals surface area contributed by atoms with Gasteiger partial charge in [0.1, 0.15) is 5.52 Å². The number of pyridine rings is 1. The van der Waals surface area contributed by atoms with E-state index in [4.69, 9.17) is 4.74 Å². The summed E-state index contributed by atoms with van der Waals surface area (Å²) in [7, 11) is 0. The van der Waals surface area contributed by atoms with Gasteiger partial charge in [-0.1, -0.05) is 6.08 Å². The van der Waals surface area contributed by atoms with E-state index in [0.29, 0.717) is 5.70 Å². The fourth-order valence-corrected chi connectivity index (χ4v) is 2.51. The van der Waals surface area contributed by atoms with Gasteiger partial charge in [0, 0.05) is 6.20 Å². The fraction of sp³-hybridized carbons (Fsp3) is 0.450. The highest BCUT2D eigenvalue weighted by molar-refractivity contribution is 5.96. The lowest BCUT2D eigenvalue weighted by Gasteiger charge is -2.28. The Morgan fingerprint density at radius 1 is 1.21 bits per heavy atom. The Kier molecular flexibility index (Phi) is 5.06. The number of imidazole rings is 1. The molecular formula is C20H23F3N4O2. The molecule has 0 saturated heterocycles. The molecule has 0 spiro atoms. The Hall–Kier alpha value is -2.68. The standard InChI is InChI=1S/C20H23F3N4O2/c1-18(2,3)29-11-19(4,5)16(28)26-17-25-14-9-12(20(21,22)23)10-24-15(14)27(17)13-7-6-8-13/h6-10H,11H2,1-5H3,(H,25,26,28). The largest absolute Gasteiger partial charge is 0.417 e. The third-order valence-electron chi connectivity index (χ3n) is 4.32. The predicted octanol–water partition coefficient (Wildman–Crippen LogP) is 4.64. The minimum absolute atomic E-state index is 0.0417. The lowest BCUT2D eigenvalue weighted by molar-refractivity contribution is -0.137. The van der Waals surface area contributed by atoms with Gasteiger partial charge in [0.2, 0.25) is 11.9 Å². The molecule has 0 aliphatic heterocycles. The Morgan fingerprint density at radius 2 is 1.86 bits per heavy atom. The van der Waals surface area contributed by atoms with Crippen molar-refractivity contribution in [2.24, 2.45) is 5.41 Å². The molecule has 6 nitrogen and oxygen atoms in total. The van der Waals surface area contributed by atoms with Crippen molar-refractivity contribution in [1.29, 1.82) is 0 Å². The van der Waals surface area contributed by atoms with E-state index < -0.39 is 22.8 Å². The molecule has 1 aliphatic rings. The molecule has 156 valence electrons. The number of nitrogens with one attached hydrogen (secondary N) is 1. The molecule has 0 bridgehead atoms. The fourth-order valence-electron chi connectivity index (χ4n) is 2.51. The maximum atomic E-state index is 13.0. The molecule has 0 radical (unpaired) electrons. The van der Waals surface area contributed by atoms with Gasteiger partial charge in [-0.25, -0.2) is 9.97 Å². The zero-order chi connectivity index (χ0) is 21.6. The SMILES string of the molecule is CC(C)(C)OCC(C)(C)C(=O)Nc1nc2cc(C(F)(F)F)cnc2n1C1=CC=C1. The van der Waals surface area contributed by atoms with Gasteiger partial charge in [-0.3, -0.25) is 14.7 Å². The van der Waals surface area contributed by atoms with Crippen LogP contribution in [0.25, 0.3) is 16.9 Å². The van der Waals surface area contributed by atoms with Crippen LogP contribution in [-0.4, -0.2) is 32.7 Å². The van der Waals surface area contributed by atoms with E-state index in [-0.39, 0.29) is 29.6 Å². The number of fused-ring (bicyclic) bond motifs is 1. The molecule has 0 aromatic carbocycles. The van der Waals surface area contributed by atoms with Crippen LogP contribution >= 0.6 is 0 Å². The molecule has 2 aromatic rings. The molecule has 2 aromatic heterocycles. The average Bonchev–Trinajstić information content (AvgIpc) is 2.87. The number of nitrogens with zero attached hydrogens (tertiary/aromatic N) is 3. The maximum Gasteiger partial charge on any atom is 0.417 e. The van der Waals surface area contributed by atoms with Crippen LogP contribution in [0.4, 0.5) is 19.1 Å². The molecule has 0 saturated carbocycles. The quantitative estimate of drug-likeness (QED) is 0.783. The summed E-state index contributed by atoms with van der Waals surface area (Å²) in [6.45, 7) is 9.29. The van der Waals surface area contributed by atoms with E-state index in [2.05, 4.69) is 15.3 Å². The minimum atomic E-state index is -4.53. The van der Waals surface area contributed by atoms with Crippen LogP contribution < -0.4 is 5.32 Å². The van der Waals surface area contributed by atoms with E-state index >= 15 is 0 Å². The van der Waals surface area contributed by atoms with Crippen LogP contribution in [0.2, 0.25) is 0 Å². The summed E-state index contributed by atoms with van der Waals surface area (Å²) < 4.78 is 46.3. The van der Waals surface area contributed by atoms with E-state index in [1.165, 1.54) is 4.57 Å². The number of hydrogen-bond donors (Lipinski definition) is 1. The van der Waals surface area contributed by atoms with Crippen molar-refractivity contribution in [3.8, 4) is 0 Å². The first-order valence-corrected chi connectivity index (χ1v) is 9.08. The zero-order valence-electron chi connectivity index (χ0n) is 16.9. The number of hydrogen-bond acceptors (Lipinski definition) is 4. The molecule has 0 unspecified atom stereocenters. The smallest absolute Gasteiger partial charge is 0.375 e. The topological polar surface area (TPSA) is 69.0 Å². The van der Waals surface area contributed by atoms with Gasteiger partial charge in [-0.15, -0.1) is 0 Å². The molecular weight excluding hydrogens is 385 g/mol. The lowest BCUT2D eigenvalue weighted by atomic mass is 9.93. The highest BCUT2D eigenvalue weighted by atomic mass is 19.4. The van der Waals surface area contributed by atoms with Crippen molar-refractivity contribution in [2.75, 3.05) is 11.9 Å². The summed E-state index contributed by atoms with van der Waals surface area (Å²) in [5, 5.41) is 2.72. The molecule has 1 N–H and O–H groups in total. The van der Waals surface area contributed by atoms with Crippen LogP contribution in [0.5, 0.6) is 0 Å². The number of alkyl halides is 3. The lowest BCUT2D eigenvalue weighted by Crippen LogP contribution is -2.38. The number of anilines is 1. The number of carbonyl (C=O) groups excluding carboxylic acids is 1. The first kappa shape index (κ1) is 21.0. The van der Waals surface area contributed by atoms with Gasteiger partial charge in [-0.05, 0) is 52.8 Å². The number of amides is 1. The number of allylic oxidation sites excluding steroid dienone is 4. The Bertz CT molecular complexity index is 1010. The summed E-state index contributed by atoms with van der Waals surface area (Å²) in [5.41, 5.74) is -1.26. The van der Waals surface area contributed by atoms with Crippen LogP contribution in [0.15, 0.2) is 30.5 Å². The van der Waals surface area contributed by atoms with Crippen molar-refractivity contribution in [1.82, 2.24) is 14.5 Å². The van der Waals surface area contributed by atoms with Crippen LogP contribution in [0.1, 0.15) is 40.2 Å². The minimum Gasteiger partial charge on any atom is -0.375 e. The molecule has 0 fully saturated rings. The molecule has 1 amide bonds. The Labute approximate surface area is 166 Å². The van der Waals surface area contributed by atoms with Crippen molar-refractivity contribution in [3.63, 3.8) is 0 Å². The number of halogens is 3. The third-order valence-corrected chi connectivity index (χ3v) is 4.32. The highest BCUT2D eigenvalue weighted by Crippen LogP contribution is 2.33.